The summed E-state index contributed by atoms with van der Waals surface area (Å²) in [5.41, 5.74) is 0.318. The summed E-state index contributed by atoms with van der Waals surface area (Å²) in [6, 6.07) is 0. The third kappa shape index (κ3) is 1.73. The van der Waals surface area contributed by atoms with Crippen LogP contribution in [0.1, 0.15) is 26.7 Å². The molecule has 3 heteroatoms. The SMILES string of the molecule is CC1(C)C=C[C@@]2(CC1)SCC[S@@]2=O. The lowest BCUT2D eigenvalue weighted by atomic mass is 9.83. The van der Waals surface area contributed by atoms with Crippen molar-refractivity contribution >= 4 is 22.6 Å². The molecule has 1 aliphatic carbocycles. The van der Waals surface area contributed by atoms with Crippen molar-refractivity contribution in [1.82, 2.24) is 0 Å². The smallest absolute Gasteiger partial charge is 0.109 e. The van der Waals surface area contributed by atoms with Crippen molar-refractivity contribution in [2.45, 2.75) is 30.8 Å². The van der Waals surface area contributed by atoms with E-state index in [1.165, 1.54) is 6.42 Å². The Labute approximate surface area is 86.8 Å². The molecule has 1 heterocycles. The molecule has 13 heavy (non-hydrogen) atoms. The fourth-order valence-electron chi connectivity index (χ4n) is 1.85. The normalized spacial score (nSPS) is 42.8. The zero-order chi connectivity index (χ0) is 9.53. The van der Waals surface area contributed by atoms with Crippen molar-refractivity contribution in [3.63, 3.8) is 0 Å². The van der Waals surface area contributed by atoms with E-state index in [-0.39, 0.29) is 4.08 Å². The summed E-state index contributed by atoms with van der Waals surface area (Å²) in [5, 5.41) is 0. The van der Waals surface area contributed by atoms with Crippen LogP contribution in [0.3, 0.4) is 0 Å². The lowest BCUT2D eigenvalue weighted by Gasteiger charge is -2.34. The van der Waals surface area contributed by atoms with E-state index >= 15 is 0 Å². The maximum Gasteiger partial charge on any atom is 0.109 e. The van der Waals surface area contributed by atoms with Gasteiger partial charge in [-0.2, -0.15) is 0 Å². The molecule has 0 radical (unpaired) electrons. The third-order valence-corrected chi connectivity index (χ3v) is 7.00. The maximum absolute atomic E-state index is 11.8. The molecule has 2 aliphatic rings. The van der Waals surface area contributed by atoms with Crippen LogP contribution in [0, 0.1) is 5.41 Å². The molecule has 1 fully saturated rings. The second-order valence-electron chi connectivity index (χ2n) is 4.53. The van der Waals surface area contributed by atoms with Gasteiger partial charge in [-0.3, -0.25) is 4.21 Å². The fourth-order valence-corrected chi connectivity index (χ4v) is 5.47. The summed E-state index contributed by atoms with van der Waals surface area (Å²) in [7, 11) is -0.625. The molecule has 0 saturated carbocycles. The van der Waals surface area contributed by atoms with Crippen LogP contribution in [0.5, 0.6) is 0 Å². The van der Waals surface area contributed by atoms with Gasteiger partial charge < -0.3 is 0 Å². The van der Waals surface area contributed by atoms with Crippen molar-refractivity contribution in [1.29, 1.82) is 0 Å². The van der Waals surface area contributed by atoms with Crippen molar-refractivity contribution < 1.29 is 4.21 Å². The van der Waals surface area contributed by atoms with Crippen molar-refractivity contribution in [2.24, 2.45) is 5.41 Å². The van der Waals surface area contributed by atoms with E-state index < -0.39 is 10.8 Å². The van der Waals surface area contributed by atoms with E-state index in [1.807, 2.05) is 11.8 Å². The Hall–Kier alpha value is 0.240. The Morgan fingerprint density at radius 1 is 1.31 bits per heavy atom. The molecule has 1 saturated heterocycles. The highest BCUT2D eigenvalue weighted by atomic mass is 32.2. The second kappa shape index (κ2) is 3.13. The van der Waals surface area contributed by atoms with Crippen LogP contribution in [-0.4, -0.2) is 19.8 Å². The molecule has 2 atom stereocenters. The Kier molecular flexibility index (Phi) is 2.35. The molecule has 0 unspecified atom stereocenters. The monoisotopic (exact) mass is 216 g/mol. The summed E-state index contributed by atoms with van der Waals surface area (Å²) in [5.74, 6) is 1.95. The number of thioether (sulfide) groups is 1. The average Bonchev–Trinajstić information content (AvgIpc) is 2.41. The summed E-state index contributed by atoms with van der Waals surface area (Å²) in [6.07, 6.45) is 6.73. The van der Waals surface area contributed by atoms with Crippen molar-refractivity contribution in [2.75, 3.05) is 11.5 Å². The summed E-state index contributed by atoms with van der Waals surface area (Å²) in [6.45, 7) is 4.50. The van der Waals surface area contributed by atoms with Crippen LogP contribution in [0.15, 0.2) is 12.2 Å². The largest absolute Gasteiger partial charge is 0.258 e. The first kappa shape index (κ1) is 9.78. The third-order valence-electron chi connectivity index (χ3n) is 2.91. The Bertz CT molecular complexity index is 270. The molecule has 1 aliphatic heterocycles. The molecule has 0 bridgehead atoms. The number of allylic oxidation sites excluding steroid dienone is 1. The van der Waals surface area contributed by atoms with Gasteiger partial charge in [-0.05, 0) is 18.3 Å². The highest BCUT2D eigenvalue weighted by Crippen LogP contribution is 2.47. The number of hydrogen-bond donors (Lipinski definition) is 0. The zero-order valence-electron chi connectivity index (χ0n) is 8.21. The van der Waals surface area contributed by atoms with Gasteiger partial charge in [0, 0.05) is 22.3 Å². The van der Waals surface area contributed by atoms with E-state index in [0.29, 0.717) is 5.41 Å². The lowest BCUT2D eigenvalue weighted by molar-refractivity contribution is 0.401. The summed E-state index contributed by atoms with van der Waals surface area (Å²) < 4.78 is 11.8. The minimum absolute atomic E-state index is 0.00444. The molecule has 0 aromatic carbocycles. The highest BCUT2D eigenvalue weighted by molar-refractivity contribution is 8.15. The second-order valence-corrected chi connectivity index (χ2v) is 8.04. The molecule has 0 N–H and O–H groups in total. The quantitative estimate of drug-likeness (QED) is 0.579. The molecule has 1 spiro atoms. The van der Waals surface area contributed by atoms with Gasteiger partial charge >= 0.3 is 0 Å². The van der Waals surface area contributed by atoms with E-state index in [9.17, 15) is 4.21 Å². The molecule has 1 nitrogen and oxygen atoms in total. The predicted molar refractivity (Wildman–Crippen MR) is 60.4 cm³/mol. The van der Waals surface area contributed by atoms with Crippen LogP contribution in [0.4, 0.5) is 0 Å². The highest BCUT2D eigenvalue weighted by Gasteiger charge is 2.42. The van der Waals surface area contributed by atoms with Crippen LogP contribution < -0.4 is 0 Å². The van der Waals surface area contributed by atoms with Crippen molar-refractivity contribution in [3.05, 3.63) is 12.2 Å². The van der Waals surface area contributed by atoms with Crippen LogP contribution >= 0.6 is 11.8 Å². The van der Waals surface area contributed by atoms with Gasteiger partial charge in [-0.25, -0.2) is 0 Å². The van der Waals surface area contributed by atoms with Crippen LogP contribution in [0.2, 0.25) is 0 Å². The van der Waals surface area contributed by atoms with E-state index in [2.05, 4.69) is 26.0 Å². The summed E-state index contributed by atoms with van der Waals surface area (Å²) >= 11 is 1.89. The van der Waals surface area contributed by atoms with E-state index in [4.69, 9.17) is 0 Å². The number of hydrogen-bond acceptors (Lipinski definition) is 2. The topological polar surface area (TPSA) is 17.1 Å². The Balaban J connectivity index is 2.24. The van der Waals surface area contributed by atoms with Gasteiger partial charge in [-0.15, -0.1) is 11.8 Å². The maximum atomic E-state index is 11.8. The van der Waals surface area contributed by atoms with Crippen molar-refractivity contribution in [3.8, 4) is 0 Å². The molecule has 74 valence electrons. The van der Waals surface area contributed by atoms with Crippen LogP contribution in [-0.2, 0) is 10.8 Å². The Morgan fingerprint density at radius 3 is 2.54 bits per heavy atom. The first-order chi connectivity index (χ1) is 6.04. The predicted octanol–water partition coefficient (Wildman–Crippen LogP) is 2.55. The molecular weight excluding hydrogens is 200 g/mol. The van der Waals surface area contributed by atoms with Gasteiger partial charge in [0.1, 0.15) is 4.08 Å². The van der Waals surface area contributed by atoms with E-state index in [0.717, 1.165) is 17.9 Å². The van der Waals surface area contributed by atoms with Crippen LogP contribution in [0.25, 0.3) is 0 Å². The standard InChI is InChI=1S/C10H16OS2/c1-9(2)3-5-10(6-4-9)12-7-8-13(10)11/h3,5H,4,6-8H2,1-2H3/t10-,13+/m1/s1. The molecule has 0 amide bonds. The van der Waals surface area contributed by atoms with Gasteiger partial charge in [0.05, 0.1) is 0 Å². The number of rotatable bonds is 0. The van der Waals surface area contributed by atoms with Gasteiger partial charge in [0.2, 0.25) is 0 Å². The molecule has 2 rings (SSSR count). The average molecular weight is 216 g/mol. The first-order valence-corrected chi connectivity index (χ1v) is 7.07. The molecule has 0 aromatic rings. The van der Waals surface area contributed by atoms with E-state index in [1.54, 1.807) is 0 Å². The minimum atomic E-state index is -0.625. The van der Waals surface area contributed by atoms with Gasteiger partial charge in [-0.1, -0.05) is 26.0 Å². The summed E-state index contributed by atoms with van der Waals surface area (Å²) in [4.78, 5) is 0. The molecular formula is C10H16OS2. The van der Waals surface area contributed by atoms with Gasteiger partial charge in [0.25, 0.3) is 0 Å². The molecule has 0 aromatic heterocycles. The zero-order valence-corrected chi connectivity index (χ0v) is 9.84. The minimum Gasteiger partial charge on any atom is -0.258 e. The fraction of sp³-hybridized carbons (Fsp3) is 0.800. The lowest BCUT2D eigenvalue weighted by Crippen LogP contribution is -2.30. The Morgan fingerprint density at radius 2 is 2.08 bits per heavy atom. The first-order valence-electron chi connectivity index (χ1n) is 4.77. The van der Waals surface area contributed by atoms with Gasteiger partial charge in [0.15, 0.2) is 0 Å².